The molecule has 3 N–H and O–H groups in total. The van der Waals surface area contributed by atoms with Crippen LogP contribution in [0.2, 0.25) is 0 Å². The number of hydrogen-bond donors (Lipinski definition) is 2. The van der Waals surface area contributed by atoms with Crippen LogP contribution >= 0.6 is 0 Å². The molecule has 0 radical (unpaired) electrons. The summed E-state index contributed by atoms with van der Waals surface area (Å²) in [4.78, 5) is 18.6. The van der Waals surface area contributed by atoms with E-state index in [1.54, 1.807) is 12.3 Å². The number of aromatic nitrogens is 1. The SMILES string of the molecule is N#C[C@@H]1C[C@H]1C(=O)Nc1cc2cc(N3COc4ccccc43)cc(N)c2cn1. The van der Waals surface area contributed by atoms with Crippen molar-refractivity contribution < 1.29 is 9.53 Å². The van der Waals surface area contributed by atoms with Gasteiger partial charge in [-0.05, 0) is 42.1 Å². The number of nitrogen functional groups attached to an aromatic ring is 1. The van der Waals surface area contributed by atoms with E-state index in [9.17, 15) is 4.79 Å². The normalized spacial score (nSPS) is 19.6. The van der Waals surface area contributed by atoms with Gasteiger partial charge in [-0.25, -0.2) is 4.98 Å². The first kappa shape index (κ1) is 16.4. The third-order valence-electron chi connectivity index (χ3n) is 5.21. The minimum absolute atomic E-state index is 0.163. The number of hydrogen-bond acceptors (Lipinski definition) is 6. The van der Waals surface area contributed by atoms with E-state index in [-0.39, 0.29) is 17.7 Å². The summed E-state index contributed by atoms with van der Waals surface area (Å²) in [6.07, 6.45) is 2.27. The standard InChI is InChI=1S/C21H17N5O2/c22-9-13-6-15(13)21(27)25-20-7-12-5-14(8-17(23)16(12)10-24-20)26-11-28-19-4-2-1-3-18(19)26/h1-5,7-8,10,13,15H,6,11,23H2,(H,24,25,27)/t13-,15+/m0/s1. The van der Waals surface area contributed by atoms with Crippen molar-refractivity contribution in [1.82, 2.24) is 4.98 Å². The minimum atomic E-state index is -0.239. The molecule has 138 valence electrons. The van der Waals surface area contributed by atoms with E-state index in [0.717, 1.165) is 27.9 Å². The number of nitrogens with zero attached hydrogens (tertiary/aromatic N) is 3. The number of carbonyl (C=O) groups excluding carboxylic acids is 1. The number of amides is 1. The second-order valence-corrected chi connectivity index (χ2v) is 7.06. The molecule has 1 fully saturated rings. The molecule has 1 aliphatic heterocycles. The van der Waals surface area contributed by atoms with Crippen molar-refractivity contribution in [3.05, 3.63) is 48.7 Å². The summed E-state index contributed by atoms with van der Waals surface area (Å²) in [5, 5.41) is 13.4. The Labute approximate surface area is 161 Å². The van der Waals surface area contributed by atoms with Crippen molar-refractivity contribution in [2.24, 2.45) is 11.8 Å². The first-order chi connectivity index (χ1) is 13.6. The zero-order valence-corrected chi connectivity index (χ0v) is 14.9. The van der Waals surface area contributed by atoms with E-state index in [1.807, 2.05) is 41.3 Å². The van der Waals surface area contributed by atoms with Gasteiger partial charge in [-0.15, -0.1) is 0 Å². The molecule has 1 aliphatic carbocycles. The van der Waals surface area contributed by atoms with Gasteiger partial charge in [-0.2, -0.15) is 5.26 Å². The number of carbonyl (C=O) groups is 1. The van der Waals surface area contributed by atoms with Gasteiger partial charge in [0.15, 0.2) is 6.73 Å². The van der Waals surface area contributed by atoms with Crippen LogP contribution in [0.1, 0.15) is 6.42 Å². The Hall–Kier alpha value is -3.79. The van der Waals surface area contributed by atoms with Crippen LogP contribution < -0.4 is 20.7 Å². The first-order valence-electron chi connectivity index (χ1n) is 9.03. The van der Waals surface area contributed by atoms with Gasteiger partial charge < -0.3 is 20.7 Å². The number of benzene rings is 2. The Balaban J connectivity index is 1.48. The Morgan fingerprint density at radius 3 is 3.00 bits per heavy atom. The molecule has 28 heavy (non-hydrogen) atoms. The van der Waals surface area contributed by atoms with E-state index >= 15 is 0 Å². The highest BCUT2D eigenvalue weighted by Crippen LogP contribution is 2.41. The molecule has 0 saturated heterocycles. The van der Waals surface area contributed by atoms with Crippen molar-refractivity contribution in [1.29, 1.82) is 5.26 Å². The molecule has 2 atom stereocenters. The zero-order chi connectivity index (χ0) is 19.3. The van der Waals surface area contributed by atoms with E-state index < -0.39 is 0 Å². The van der Waals surface area contributed by atoms with Gasteiger partial charge in [0.2, 0.25) is 5.91 Å². The van der Waals surface area contributed by atoms with E-state index in [4.69, 9.17) is 15.7 Å². The van der Waals surface area contributed by atoms with Crippen molar-refractivity contribution in [3.8, 4) is 11.8 Å². The maximum atomic E-state index is 12.2. The first-order valence-corrected chi connectivity index (χ1v) is 9.03. The van der Waals surface area contributed by atoms with E-state index in [0.29, 0.717) is 24.7 Å². The molecule has 2 aromatic carbocycles. The molecule has 7 heteroatoms. The zero-order valence-electron chi connectivity index (χ0n) is 14.9. The number of nitriles is 1. The fourth-order valence-corrected chi connectivity index (χ4v) is 3.56. The van der Waals surface area contributed by atoms with Gasteiger partial charge >= 0.3 is 0 Å². The van der Waals surface area contributed by atoms with Crippen LogP contribution in [-0.4, -0.2) is 17.6 Å². The third kappa shape index (κ3) is 2.67. The number of nitrogens with two attached hydrogens (primary N) is 1. The van der Waals surface area contributed by atoms with Gasteiger partial charge in [0.05, 0.1) is 23.6 Å². The fraction of sp³-hybridized carbons (Fsp3) is 0.190. The third-order valence-corrected chi connectivity index (χ3v) is 5.21. The Kier molecular flexibility index (Phi) is 3.59. The van der Waals surface area contributed by atoms with Crippen LogP contribution in [0.25, 0.3) is 10.8 Å². The molecule has 3 aromatic rings. The Morgan fingerprint density at radius 1 is 1.32 bits per heavy atom. The van der Waals surface area contributed by atoms with Gasteiger partial charge in [-0.1, -0.05) is 12.1 Å². The smallest absolute Gasteiger partial charge is 0.230 e. The highest BCUT2D eigenvalue weighted by molar-refractivity contribution is 6.00. The van der Waals surface area contributed by atoms with Crippen molar-refractivity contribution in [3.63, 3.8) is 0 Å². The number of ether oxygens (including phenoxy) is 1. The quantitative estimate of drug-likeness (QED) is 0.684. The second kappa shape index (κ2) is 6.13. The van der Waals surface area contributed by atoms with Crippen molar-refractivity contribution >= 4 is 39.6 Å². The summed E-state index contributed by atoms with van der Waals surface area (Å²) in [5.74, 6) is 0.704. The molecule has 0 spiro atoms. The van der Waals surface area contributed by atoms with Crippen LogP contribution in [0.3, 0.4) is 0 Å². The van der Waals surface area contributed by atoms with Crippen LogP contribution in [0, 0.1) is 23.2 Å². The van der Waals surface area contributed by atoms with Crippen molar-refractivity contribution in [2.45, 2.75) is 6.42 Å². The lowest BCUT2D eigenvalue weighted by molar-refractivity contribution is -0.117. The average molecular weight is 371 g/mol. The van der Waals surface area contributed by atoms with Gasteiger partial charge in [-0.3, -0.25) is 4.79 Å². The molecule has 5 rings (SSSR count). The maximum absolute atomic E-state index is 12.2. The maximum Gasteiger partial charge on any atom is 0.230 e. The Morgan fingerprint density at radius 2 is 2.18 bits per heavy atom. The second-order valence-electron chi connectivity index (χ2n) is 7.06. The van der Waals surface area contributed by atoms with Gasteiger partial charge in [0, 0.05) is 23.0 Å². The van der Waals surface area contributed by atoms with Crippen LogP contribution in [0.5, 0.6) is 5.75 Å². The number of nitrogens with one attached hydrogen (secondary N) is 1. The highest BCUT2D eigenvalue weighted by atomic mass is 16.5. The number of para-hydroxylation sites is 2. The summed E-state index contributed by atoms with van der Waals surface area (Å²) in [5.41, 5.74) is 8.76. The average Bonchev–Trinajstić information content (AvgIpc) is 3.38. The molecule has 0 bridgehead atoms. The lowest BCUT2D eigenvalue weighted by Crippen LogP contribution is -2.16. The molecule has 0 unspecified atom stereocenters. The van der Waals surface area contributed by atoms with Crippen LogP contribution in [0.15, 0.2) is 48.7 Å². The number of rotatable bonds is 3. The molecule has 1 saturated carbocycles. The summed E-state index contributed by atoms with van der Waals surface area (Å²) >= 11 is 0. The summed E-state index contributed by atoms with van der Waals surface area (Å²) in [6, 6.07) is 15.7. The summed E-state index contributed by atoms with van der Waals surface area (Å²) in [6.45, 7) is 0.413. The topological polar surface area (TPSA) is 104 Å². The van der Waals surface area contributed by atoms with Gasteiger partial charge in [0.1, 0.15) is 11.6 Å². The number of fused-ring (bicyclic) bond motifs is 2. The lowest BCUT2D eigenvalue weighted by atomic mass is 10.1. The van der Waals surface area contributed by atoms with Crippen molar-refractivity contribution in [2.75, 3.05) is 22.7 Å². The highest BCUT2D eigenvalue weighted by Gasteiger charge is 2.43. The monoisotopic (exact) mass is 371 g/mol. The predicted molar refractivity (Wildman–Crippen MR) is 106 cm³/mol. The van der Waals surface area contributed by atoms with Crippen LogP contribution in [0.4, 0.5) is 22.9 Å². The minimum Gasteiger partial charge on any atom is -0.471 e. The van der Waals surface area contributed by atoms with Gasteiger partial charge in [0.25, 0.3) is 0 Å². The lowest BCUT2D eigenvalue weighted by Gasteiger charge is -2.18. The summed E-state index contributed by atoms with van der Waals surface area (Å²) in [7, 11) is 0. The predicted octanol–water partition coefficient (Wildman–Crippen LogP) is 3.40. The molecule has 7 nitrogen and oxygen atoms in total. The summed E-state index contributed by atoms with van der Waals surface area (Å²) < 4.78 is 5.74. The number of pyridine rings is 1. The number of anilines is 4. The van der Waals surface area contributed by atoms with E-state index in [1.165, 1.54) is 0 Å². The Bertz CT molecular complexity index is 1150. The molecule has 2 aliphatic rings. The van der Waals surface area contributed by atoms with Crippen LogP contribution in [-0.2, 0) is 4.79 Å². The molecule has 1 aromatic heterocycles. The fourth-order valence-electron chi connectivity index (χ4n) is 3.56. The molecular weight excluding hydrogens is 354 g/mol. The molecular formula is C21H17N5O2. The molecule has 2 heterocycles. The van der Waals surface area contributed by atoms with E-state index in [2.05, 4.69) is 16.4 Å². The molecule has 1 amide bonds. The largest absolute Gasteiger partial charge is 0.471 e.